The van der Waals surface area contributed by atoms with E-state index in [-0.39, 0.29) is 5.82 Å². The maximum Gasteiger partial charge on any atom is 0.411 e. The molecule has 0 bridgehead atoms. The number of hydrogen-bond donors (Lipinski definition) is 2. The van der Waals surface area contributed by atoms with E-state index in [9.17, 15) is 9.18 Å². The van der Waals surface area contributed by atoms with Crippen LogP contribution < -0.4 is 10.6 Å². The molecule has 1 aliphatic heterocycles. The van der Waals surface area contributed by atoms with E-state index < -0.39 is 6.09 Å². The van der Waals surface area contributed by atoms with Crippen LogP contribution in [-0.2, 0) is 4.74 Å². The molecular formula is C19H21FN2O2. The lowest BCUT2D eigenvalue weighted by atomic mass is 10.0. The maximum atomic E-state index is 13.7. The molecule has 1 amide bonds. The van der Waals surface area contributed by atoms with Crippen molar-refractivity contribution in [3.05, 3.63) is 53.8 Å². The quantitative estimate of drug-likeness (QED) is 0.893. The van der Waals surface area contributed by atoms with Crippen molar-refractivity contribution in [2.45, 2.75) is 13.3 Å². The van der Waals surface area contributed by atoms with Crippen molar-refractivity contribution in [3.8, 4) is 11.1 Å². The number of nitrogens with one attached hydrogen (secondary N) is 2. The molecule has 0 unspecified atom stereocenters. The predicted molar refractivity (Wildman–Crippen MR) is 92.5 cm³/mol. The molecule has 126 valence electrons. The first kappa shape index (κ1) is 16.5. The molecular weight excluding hydrogens is 307 g/mol. The van der Waals surface area contributed by atoms with E-state index in [0.29, 0.717) is 23.8 Å². The molecule has 1 aliphatic rings. The van der Waals surface area contributed by atoms with Crippen molar-refractivity contribution in [3.63, 3.8) is 0 Å². The fourth-order valence-corrected chi connectivity index (χ4v) is 2.87. The Hall–Kier alpha value is -2.40. The van der Waals surface area contributed by atoms with Crippen molar-refractivity contribution in [2.75, 3.05) is 25.0 Å². The summed E-state index contributed by atoms with van der Waals surface area (Å²) in [5.41, 5.74) is 3.10. The van der Waals surface area contributed by atoms with Gasteiger partial charge in [0.05, 0.1) is 12.3 Å². The molecule has 1 fully saturated rings. The largest absolute Gasteiger partial charge is 0.449 e. The van der Waals surface area contributed by atoms with Gasteiger partial charge in [0.15, 0.2) is 0 Å². The van der Waals surface area contributed by atoms with Crippen molar-refractivity contribution >= 4 is 11.8 Å². The van der Waals surface area contributed by atoms with Gasteiger partial charge in [0.1, 0.15) is 5.82 Å². The number of halogens is 1. The number of anilines is 1. The van der Waals surface area contributed by atoms with Gasteiger partial charge in [-0.25, -0.2) is 9.18 Å². The van der Waals surface area contributed by atoms with Crippen LogP contribution in [-0.4, -0.2) is 25.8 Å². The second kappa shape index (κ2) is 7.45. The summed E-state index contributed by atoms with van der Waals surface area (Å²) in [6.07, 6.45) is 0.501. The van der Waals surface area contributed by atoms with Gasteiger partial charge in [0, 0.05) is 18.0 Å². The summed E-state index contributed by atoms with van der Waals surface area (Å²) in [6, 6.07) is 12.0. The van der Waals surface area contributed by atoms with Crippen LogP contribution >= 0.6 is 0 Å². The molecule has 3 rings (SSSR count). The molecule has 2 N–H and O–H groups in total. The molecule has 0 radical (unpaired) electrons. The van der Waals surface area contributed by atoms with Gasteiger partial charge in [0.25, 0.3) is 0 Å². The monoisotopic (exact) mass is 328 g/mol. The van der Waals surface area contributed by atoms with Crippen molar-refractivity contribution < 1.29 is 13.9 Å². The third-order valence-corrected chi connectivity index (χ3v) is 4.16. The number of carbonyl (C=O) groups is 1. The van der Waals surface area contributed by atoms with E-state index in [0.717, 1.165) is 30.6 Å². The lowest BCUT2D eigenvalue weighted by Gasteiger charge is -2.14. The number of carbonyl (C=O) groups excluding carboxylic acids is 1. The summed E-state index contributed by atoms with van der Waals surface area (Å²) < 4.78 is 19.0. The Bertz CT molecular complexity index is 727. The van der Waals surface area contributed by atoms with E-state index in [4.69, 9.17) is 4.74 Å². The molecule has 4 nitrogen and oxygen atoms in total. The van der Waals surface area contributed by atoms with E-state index in [1.807, 2.05) is 31.2 Å². The summed E-state index contributed by atoms with van der Waals surface area (Å²) in [6.45, 7) is 4.20. The van der Waals surface area contributed by atoms with Crippen LogP contribution in [0.4, 0.5) is 14.9 Å². The number of hydrogen-bond acceptors (Lipinski definition) is 3. The topological polar surface area (TPSA) is 50.4 Å². The smallest absolute Gasteiger partial charge is 0.411 e. The summed E-state index contributed by atoms with van der Waals surface area (Å²) in [7, 11) is 0. The van der Waals surface area contributed by atoms with Crippen molar-refractivity contribution in [2.24, 2.45) is 5.92 Å². The zero-order valence-corrected chi connectivity index (χ0v) is 13.6. The van der Waals surface area contributed by atoms with Gasteiger partial charge in [-0.05, 0) is 43.7 Å². The van der Waals surface area contributed by atoms with E-state index in [1.54, 1.807) is 6.07 Å². The van der Waals surface area contributed by atoms with Crippen LogP contribution in [0.2, 0.25) is 0 Å². The van der Waals surface area contributed by atoms with Crippen LogP contribution in [0.3, 0.4) is 0 Å². The summed E-state index contributed by atoms with van der Waals surface area (Å²) in [4.78, 5) is 12.1. The molecule has 1 atom stereocenters. The van der Waals surface area contributed by atoms with Crippen LogP contribution in [0.25, 0.3) is 11.1 Å². The molecule has 1 saturated heterocycles. The van der Waals surface area contributed by atoms with Crippen LogP contribution in [0, 0.1) is 18.7 Å². The number of aryl methyl sites for hydroxylation is 1. The van der Waals surface area contributed by atoms with E-state index in [2.05, 4.69) is 10.6 Å². The predicted octanol–water partition coefficient (Wildman–Crippen LogP) is 3.96. The minimum absolute atomic E-state index is 0.345. The molecule has 0 spiro atoms. The van der Waals surface area contributed by atoms with Gasteiger partial charge < -0.3 is 10.1 Å². The van der Waals surface area contributed by atoms with Crippen LogP contribution in [0.1, 0.15) is 12.0 Å². The minimum atomic E-state index is -0.512. The molecule has 0 aromatic heterocycles. The summed E-state index contributed by atoms with van der Waals surface area (Å²) in [5, 5.41) is 5.97. The van der Waals surface area contributed by atoms with Crippen LogP contribution in [0.15, 0.2) is 42.5 Å². The molecule has 0 aliphatic carbocycles. The third kappa shape index (κ3) is 4.11. The van der Waals surface area contributed by atoms with E-state index >= 15 is 0 Å². The number of benzene rings is 2. The Morgan fingerprint density at radius 3 is 2.96 bits per heavy atom. The molecule has 5 heteroatoms. The highest BCUT2D eigenvalue weighted by Crippen LogP contribution is 2.29. The third-order valence-electron chi connectivity index (χ3n) is 4.16. The first-order chi connectivity index (χ1) is 11.6. The molecule has 2 aromatic rings. The molecule has 24 heavy (non-hydrogen) atoms. The number of ether oxygens (including phenoxy) is 1. The fraction of sp³-hybridized carbons (Fsp3) is 0.316. The van der Waals surface area contributed by atoms with Gasteiger partial charge >= 0.3 is 6.09 Å². The SMILES string of the molecule is Cc1cccc(-c2cc(F)ccc2NC(=O)OC[C@H]2CCNC2)c1. The number of rotatable bonds is 4. The average molecular weight is 328 g/mol. The average Bonchev–Trinajstić information content (AvgIpc) is 3.08. The maximum absolute atomic E-state index is 13.7. The highest BCUT2D eigenvalue weighted by molar-refractivity contribution is 5.91. The Kier molecular flexibility index (Phi) is 5.11. The van der Waals surface area contributed by atoms with Gasteiger partial charge in [-0.3, -0.25) is 5.32 Å². The first-order valence-electron chi connectivity index (χ1n) is 8.13. The van der Waals surface area contributed by atoms with Crippen LogP contribution in [0.5, 0.6) is 0 Å². The van der Waals surface area contributed by atoms with Gasteiger partial charge in [-0.1, -0.05) is 29.8 Å². The Labute approximate surface area is 141 Å². The lowest BCUT2D eigenvalue weighted by Crippen LogP contribution is -2.20. The lowest BCUT2D eigenvalue weighted by molar-refractivity contribution is 0.144. The van der Waals surface area contributed by atoms with Gasteiger partial charge in [-0.2, -0.15) is 0 Å². The molecule has 1 heterocycles. The van der Waals surface area contributed by atoms with Gasteiger partial charge in [-0.15, -0.1) is 0 Å². The first-order valence-corrected chi connectivity index (χ1v) is 8.13. The second-order valence-corrected chi connectivity index (χ2v) is 6.14. The highest BCUT2D eigenvalue weighted by Gasteiger charge is 2.17. The van der Waals surface area contributed by atoms with Crippen molar-refractivity contribution in [1.82, 2.24) is 5.32 Å². The van der Waals surface area contributed by atoms with E-state index in [1.165, 1.54) is 12.1 Å². The zero-order chi connectivity index (χ0) is 16.9. The normalized spacial score (nSPS) is 16.8. The molecule has 2 aromatic carbocycles. The second-order valence-electron chi connectivity index (χ2n) is 6.14. The zero-order valence-electron chi connectivity index (χ0n) is 13.6. The minimum Gasteiger partial charge on any atom is -0.449 e. The summed E-state index contributed by atoms with van der Waals surface area (Å²) >= 11 is 0. The van der Waals surface area contributed by atoms with Gasteiger partial charge in [0.2, 0.25) is 0 Å². The summed E-state index contributed by atoms with van der Waals surface area (Å²) in [5.74, 6) is 0.0164. The van der Waals surface area contributed by atoms with Crippen molar-refractivity contribution in [1.29, 1.82) is 0 Å². The standard InChI is InChI=1S/C19H21FN2O2/c1-13-3-2-4-15(9-13)17-10-16(20)5-6-18(17)22-19(23)24-12-14-7-8-21-11-14/h2-6,9-10,14,21H,7-8,11-12H2,1H3,(H,22,23)/t14-/m0/s1. The Morgan fingerprint density at radius 1 is 1.33 bits per heavy atom. The Morgan fingerprint density at radius 2 is 2.21 bits per heavy atom. The molecule has 0 saturated carbocycles. The highest BCUT2D eigenvalue weighted by atomic mass is 19.1. The number of amides is 1. The fourth-order valence-electron chi connectivity index (χ4n) is 2.87. The Balaban J connectivity index is 1.74.